The number of nitrogens with one attached hydrogen (secondary N) is 2. The standard InChI is InChI=1S/C27H27Cl2N3O4/c28-21-6-1-7-22(29)24(21)26(33)32-23(27(34)35)16-17-8-12-20(13-9-17)36-15-3-5-19-11-10-18-4-2-14-30-25(18)31-19/h1-2,4,6-9,12-14,19,23H,3,5,10-11,15-16H2,(H,30,31)(H,32,33)(H,34,35)/t19?,23-/m1/s1. The first kappa shape index (κ1) is 25.8. The number of ether oxygens (including phenoxy) is 1. The number of carbonyl (C=O) groups is 2. The number of carbonyl (C=O) groups excluding carboxylic acids is 1. The summed E-state index contributed by atoms with van der Waals surface area (Å²) in [4.78, 5) is 28.8. The van der Waals surface area contributed by atoms with Gasteiger partial charge in [-0.1, -0.05) is 47.5 Å². The van der Waals surface area contributed by atoms with Crippen LogP contribution < -0.4 is 15.4 Å². The Labute approximate surface area is 219 Å². The van der Waals surface area contributed by atoms with Crippen LogP contribution in [0.4, 0.5) is 5.82 Å². The van der Waals surface area contributed by atoms with E-state index in [9.17, 15) is 14.7 Å². The van der Waals surface area contributed by atoms with E-state index in [1.807, 2.05) is 12.3 Å². The van der Waals surface area contributed by atoms with Gasteiger partial charge in [0, 0.05) is 18.7 Å². The summed E-state index contributed by atoms with van der Waals surface area (Å²) in [5, 5.41) is 15.9. The predicted molar refractivity (Wildman–Crippen MR) is 140 cm³/mol. The fourth-order valence-electron chi connectivity index (χ4n) is 4.20. The summed E-state index contributed by atoms with van der Waals surface area (Å²) in [6, 6.07) is 15.2. The highest BCUT2D eigenvalue weighted by molar-refractivity contribution is 6.39. The number of rotatable bonds is 10. The molecule has 0 aliphatic carbocycles. The zero-order valence-corrected chi connectivity index (χ0v) is 21.1. The molecule has 0 spiro atoms. The summed E-state index contributed by atoms with van der Waals surface area (Å²) in [6.07, 6.45) is 5.92. The second-order valence-corrected chi connectivity index (χ2v) is 9.51. The van der Waals surface area contributed by atoms with Gasteiger partial charge in [-0.2, -0.15) is 0 Å². The van der Waals surface area contributed by atoms with Gasteiger partial charge in [0.25, 0.3) is 5.91 Å². The summed E-state index contributed by atoms with van der Waals surface area (Å²) >= 11 is 12.1. The highest BCUT2D eigenvalue weighted by atomic mass is 35.5. The van der Waals surface area contributed by atoms with Crippen LogP contribution in [0.15, 0.2) is 60.8 Å². The highest BCUT2D eigenvalue weighted by Gasteiger charge is 2.24. The fourth-order valence-corrected chi connectivity index (χ4v) is 4.77. The maximum Gasteiger partial charge on any atom is 0.326 e. The molecule has 1 aliphatic rings. The van der Waals surface area contributed by atoms with Crippen molar-refractivity contribution in [3.63, 3.8) is 0 Å². The molecule has 1 aliphatic heterocycles. The number of aryl methyl sites for hydroxylation is 1. The molecule has 3 N–H and O–H groups in total. The predicted octanol–water partition coefficient (Wildman–Crippen LogP) is 5.40. The van der Waals surface area contributed by atoms with E-state index in [0.29, 0.717) is 18.4 Å². The molecule has 0 saturated heterocycles. The molecule has 0 bridgehead atoms. The zero-order valence-electron chi connectivity index (χ0n) is 19.5. The topological polar surface area (TPSA) is 101 Å². The molecular formula is C27H27Cl2N3O4. The summed E-state index contributed by atoms with van der Waals surface area (Å²) in [5.74, 6) is -0.0946. The van der Waals surface area contributed by atoms with Crippen molar-refractivity contribution in [2.75, 3.05) is 11.9 Å². The van der Waals surface area contributed by atoms with Gasteiger partial charge in [0.1, 0.15) is 17.6 Å². The van der Waals surface area contributed by atoms with Crippen molar-refractivity contribution in [1.82, 2.24) is 10.3 Å². The summed E-state index contributed by atoms with van der Waals surface area (Å²) < 4.78 is 5.86. The Morgan fingerprint density at radius 3 is 2.58 bits per heavy atom. The maximum absolute atomic E-state index is 12.6. The van der Waals surface area contributed by atoms with Crippen molar-refractivity contribution >= 4 is 40.9 Å². The number of benzene rings is 2. The summed E-state index contributed by atoms with van der Waals surface area (Å²) in [7, 11) is 0. The van der Waals surface area contributed by atoms with Gasteiger partial charge in [0.2, 0.25) is 0 Å². The first-order valence-corrected chi connectivity index (χ1v) is 12.6. The van der Waals surface area contributed by atoms with E-state index in [4.69, 9.17) is 27.9 Å². The van der Waals surface area contributed by atoms with E-state index in [1.54, 1.807) is 30.3 Å². The molecule has 0 radical (unpaired) electrons. The van der Waals surface area contributed by atoms with Gasteiger partial charge < -0.3 is 20.5 Å². The number of hydrogen-bond acceptors (Lipinski definition) is 5. The lowest BCUT2D eigenvalue weighted by molar-refractivity contribution is -0.139. The van der Waals surface area contributed by atoms with Gasteiger partial charge in [0.05, 0.1) is 22.2 Å². The molecule has 9 heteroatoms. The number of aliphatic carboxylic acids is 1. The molecule has 36 heavy (non-hydrogen) atoms. The minimum absolute atomic E-state index is 0.0553. The normalized spacial score (nSPS) is 15.3. The van der Waals surface area contributed by atoms with Crippen LogP contribution in [0, 0.1) is 0 Å². The molecule has 7 nitrogen and oxygen atoms in total. The molecule has 2 atom stereocenters. The first-order valence-electron chi connectivity index (χ1n) is 11.8. The number of nitrogens with zero attached hydrogens (tertiary/aromatic N) is 1. The number of amides is 1. The van der Waals surface area contributed by atoms with Gasteiger partial charge in [-0.25, -0.2) is 9.78 Å². The minimum atomic E-state index is -1.15. The van der Waals surface area contributed by atoms with Crippen LogP contribution in [0.5, 0.6) is 5.75 Å². The van der Waals surface area contributed by atoms with Crippen LogP contribution in [0.2, 0.25) is 10.0 Å². The van der Waals surface area contributed by atoms with Crippen LogP contribution >= 0.6 is 23.2 Å². The Morgan fingerprint density at radius 1 is 1.11 bits per heavy atom. The van der Waals surface area contributed by atoms with E-state index in [-0.39, 0.29) is 22.0 Å². The Morgan fingerprint density at radius 2 is 1.86 bits per heavy atom. The van der Waals surface area contributed by atoms with E-state index in [1.165, 1.54) is 17.7 Å². The summed E-state index contributed by atoms with van der Waals surface area (Å²) in [6.45, 7) is 0.582. The van der Waals surface area contributed by atoms with Crippen molar-refractivity contribution in [2.24, 2.45) is 0 Å². The zero-order chi connectivity index (χ0) is 25.5. The quantitative estimate of drug-likeness (QED) is 0.305. The number of aromatic nitrogens is 1. The number of fused-ring (bicyclic) bond motifs is 1. The minimum Gasteiger partial charge on any atom is -0.494 e. The smallest absolute Gasteiger partial charge is 0.326 e. The number of carboxylic acid groups (broad SMARTS) is 1. The molecular weight excluding hydrogens is 501 g/mol. The van der Waals surface area contributed by atoms with E-state index >= 15 is 0 Å². The van der Waals surface area contributed by atoms with Crippen LogP contribution in [0.3, 0.4) is 0 Å². The monoisotopic (exact) mass is 527 g/mol. The molecule has 0 fully saturated rings. The van der Waals surface area contributed by atoms with Crippen molar-refractivity contribution in [1.29, 1.82) is 0 Å². The lowest BCUT2D eigenvalue weighted by Crippen LogP contribution is -2.42. The lowest BCUT2D eigenvalue weighted by Gasteiger charge is -2.25. The third-order valence-electron chi connectivity index (χ3n) is 6.12. The maximum atomic E-state index is 12.6. The van der Waals surface area contributed by atoms with Crippen molar-refractivity contribution in [2.45, 2.75) is 44.2 Å². The Hall–Kier alpha value is -3.29. The van der Waals surface area contributed by atoms with E-state index in [2.05, 4.69) is 21.7 Å². The molecule has 4 rings (SSSR count). The van der Waals surface area contributed by atoms with Crippen molar-refractivity contribution in [3.05, 3.63) is 87.5 Å². The van der Waals surface area contributed by atoms with Crippen LogP contribution in [0.25, 0.3) is 0 Å². The van der Waals surface area contributed by atoms with Gasteiger partial charge in [-0.05, 0) is 67.1 Å². The molecule has 2 aromatic carbocycles. The molecule has 1 unspecified atom stereocenters. The van der Waals surface area contributed by atoms with Gasteiger partial charge in [0.15, 0.2) is 0 Å². The number of carboxylic acids is 1. The molecule has 188 valence electrons. The number of anilines is 1. The van der Waals surface area contributed by atoms with Crippen molar-refractivity contribution < 1.29 is 19.4 Å². The van der Waals surface area contributed by atoms with Crippen molar-refractivity contribution in [3.8, 4) is 5.75 Å². The van der Waals surface area contributed by atoms with Gasteiger partial charge in [-0.15, -0.1) is 0 Å². The van der Waals surface area contributed by atoms with Crippen LogP contribution in [0.1, 0.15) is 40.7 Å². The second kappa shape index (κ2) is 12.1. The Kier molecular flexibility index (Phi) is 8.67. The van der Waals surface area contributed by atoms with E-state index < -0.39 is 17.9 Å². The van der Waals surface area contributed by atoms with E-state index in [0.717, 1.165) is 37.1 Å². The summed E-state index contributed by atoms with van der Waals surface area (Å²) in [5.41, 5.74) is 2.07. The number of hydrogen-bond donors (Lipinski definition) is 3. The molecule has 1 aromatic heterocycles. The fraction of sp³-hybridized carbons (Fsp3) is 0.296. The average molecular weight is 528 g/mol. The highest BCUT2D eigenvalue weighted by Crippen LogP contribution is 2.25. The molecule has 0 saturated carbocycles. The first-order chi connectivity index (χ1) is 17.4. The largest absolute Gasteiger partial charge is 0.494 e. The molecule has 1 amide bonds. The van der Waals surface area contributed by atoms with Gasteiger partial charge in [-0.3, -0.25) is 4.79 Å². The lowest BCUT2D eigenvalue weighted by atomic mass is 9.98. The Balaban J connectivity index is 1.24. The molecule has 3 aromatic rings. The van der Waals surface area contributed by atoms with Gasteiger partial charge >= 0.3 is 5.97 Å². The van der Waals surface area contributed by atoms with Crippen LogP contribution in [-0.2, 0) is 17.6 Å². The third kappa shape index (κ3) is 6.68. The van der Waals surface area contributed by atoms with Crippen LogP contribution in [-0.4, -0.2) is 40.7 Å². The Bertz CT molecular complexity index is 1200. The molecule has 2 heterocycles. The number of halogens is 2. The number of pyridine rings is 1. The third-order valence-corrected chi connectivity index (χ3v) is 6.75. The SMILES string of the molecule is O=C(N[C@H](Cc1ccc(OCCCC2CCc3cccnc3N2)cc1)C(=O)O)c1c(Cl)cccc1Cl. The second-order valence-electron chi connectivity index (χ2n) is 8.69. The average Bonchev–Trinajstić information content (AvgIpc) is 2.87.